The second-order valence-corrected chi connectivity index (χ2v) is 6.46. The van der Waals surface area contributed by atoms with E-state index in [9.17, 15) is 13.2 Å². The van der Waals surface area contributed by atoms with Crippen LogP contribution in [0, 0.1) is 5.82 Å². The van der Waals surface area contributed by atoms with Crippen molar-refractivity contribution < 1.29 is 17.9 Å². The zero-order valence-electron chi connectivity index (χ0n) is 12.3. The highest BCUT2D eigenvalue weighted by molar-refractivity contribution is 9.10. The van der Waals surface area contributed by atoms with Gasteiger partial charge >= 0.3 is 6.61 Å². The molecule has 3 rings (SSSR count). The predicted molar refractivity (Wildman–Crippen MR) is 89.4 cm³/mol. The third-order valence-electron chi connectivity index (χ3n) is 3.74. The predicted octanol–water partition coefficient (Wildman–Crippen LogP) is 5.87. The van der Waals surface area contributed by atoms with Crippen LogP contribution in [-0.2, 0) is 0 Å². The smallest absolute Gasteiger partial charge is 0.387 e. The first-order valence-electron chi connectivity index (χ1n) is 6.93. The number of hydrogen-bond acceptors (Lipinski definition) is 2. The van der Waals surface area contributed by atoms with E-state index in [0.29, 0.717) is 5.65 Å². The van der Waals surface area contributed by atoms with E-state index < -0.39 is 18.3 Å². The third-order valence-corrected chi connectivity index (χ3v) is 4.56. The summed E-state index contributed by atoms with van der Waals surface area (Å²) in [6, 6.07) is 4.00. The Labute approximate surface area is 148 Å². The van der Waals surface area contributed by atoms with Gasteiger partial charge in [0.1, 0.15) is 17.2 Å². The molecule has 0 aliphatic carbocycles. The number of aromatic amines is 1. The van der Waals surface area contributed by atoms with E-state index in [1.54, 1.807) is 19.3 Å². The highest BCUT2D eigenvalue weighted by Gasteiger charge is 2.24. The molecule has 0 aliphatic rings. The minimum atomic E-state index is -3.03. The Morgan fingerprint density at radius 1 is 1.33 bits per heavy atom. The second kappa shape index (κ2) is 6.64. The Morgan fingerprint density at radius 3 is 2.79 bits per heavy atom. The van der Waals surface area contributed by atoms with E-state index in [4.69, 9.17) is 11.6 Å². The van der Waals surface area contributed by atoms with Gasteiger partial charge in [0.15, 0.2) is 0 Å². The summed E-state index contributed by atoms with van der Waals surface area (Å²) in [5.41, 5.74) is 1.53. The lowest BCUT2D eigenvalue weighted by atomic mass is 9.92. The van der Waals surface area contributed by atoms with E-state index in [0.717, 1.165) is 27.6 Å². The van der Waals surface area contributed by atoms with Crippen molar-refractivity contribution in [2.24, 2.45) is 0 Å². The van der Waals surface area contributed by atoms with Crippen molar-refractivity contribution in [2.45, 2.75) is 19.5 Å². The van der Waals surface area contributed by atoms with E-state index in [1.165, 1.54) is 0 Å². The van der Waals surface area contributed by atoms with E-state index in [1.807, 2.05) is 6.07 Å². The number of alkyl halides is 2. The minimum absolute atomic E-state index is 0.152. The van der Waals surface area contributed by atoms with Gasteiger partial charge in [-0.15, -0.1) is 0 Å². The summed E-state index contributed by atoms with van der Waals surface area (Å²) in [4.78, 5) is 7.23. The molecular formula is C16H11BrClF3N2O. The maximum Gasteiger partial charge on any atom is 0.387 e. The van der Waals surface area contributed by atoms with Gasteiger partial charge in [-0.25, -0.2) is 9.37 Å². The number of aromatic nitrogens is 2. The zero-order valence-corrected chi connectivity index (χ0v) is 14.6. The van der Waals surface area contributed by atoms with Crippen LogP contribution in [0.4, 0.5) is 13.2 Å². The van der Waals surface area contributed by atoms with Crippen LogP contribution in [0.15, 0.2) is 35.1 Å². The molecule has 1 N–H and O–H groups in total. The number of rotatable bonds is 4. The van der Waals surface area contributed by atoms with Crippen LogP contribution in [0.5, 0.6) is 5.75 Å². The molecule has 1 unspecified atom stereocenters. The Bertz CT molecular complexity index is 900. The van der Waals surface area contributed by atoms with Crippen molar-refractivity contribution in [3.63, 3.8) is 0 Å². The molecule has 0 radical (unpaired) electrons. The lowest BCUT2D eigenvalue weighted by Gasteiger charge is -2.18. The molecule has 0 saturated carbocycles. The topological polar surface area (TPSA) is 37.9 Å². The number of nitrogens with one attached hydrogen (secondary N) is 1. The van der Waals surface area contributed by atoms with Crippen LogP contribution in [0.3, 0.4) is 0 Å². The lowest BCUT2D eigenvalue weighted by molar-refractivity contribution is -0.0505. The van der Waals surface area contributed by atoms with Crippen molar-refractivity contribution in [1.29, 1.82) is 0 Å². The molecule has 0 bridgehead atoms. The van der Waals surface area contributed by atoms with Gasteiger partial charge in [-0.3, -0.25) is 0 Å². The molecule has 0 aliphatic heterocycles. The van der Waals surface area contributed by atoms with E-state index in [-0.39, 0.29) is 16.3 Å². The Morgan fingerprint density at radius 2 is 2.08 bits per heavy atom. The summed E-state index contributed by atoms with van der Waals surface area (Å²) in [6.45, 7) is -1.29. The third kappa shape index (κ3) is 3.10. The molecule has 0 spiro atoms. The normalized spacial score (nSPS) is 12.8. The molecule has 24 heavy (non-hydrogen) atoms. The number of H-pyrrole nitrogens is 1. The molecule has 8 heteroatoms. The quantitative estimate of drug-likeness (QED) is 0.574. The molecule has 2 heterocycles. The second-order valence-electron chi connectivity index (χ2n) is 5.17. The van der Waals surface area contributed by atoms with Crippen LogP contribution in [-0.4, -0.2) is 16.6 Å². The van der Waals surface area contributed by atoms with Crippen molar-refractivity contribution in [1.82, 2.24) is 9.97 Å². The van der Waals surface area contributed by atoms with Gasteiger partial charge in [-0.2, -0.15) is 8.78 Å². The van der Waals surface area contributed by atoms with Crippen molar-refractivity contribution in [3.8, 4) is 5.75 Å². The van der Waals surface area contributed by atoms with Crippen LogP contribution < -0.4 is 4.74 Å². The number of nitrogens with zero attached hydrogens (tertiary/aromatic N) is 1. The number of ether oxygens (including phenoxy) is 1. The molecule has 3 nitrogen and oxygen atoms in total. The van der Waals surface area contributed by atoms with Gasteiger partial charge in [0.25, 0.3) is 0 Å². The van der Waals surface area contributed by atoms with Gasteiger partial charge < -0.3 is 9.72 Å². The number of benzene rings is 1. The van der Waals surface area contributed by atoms with Gasteiger partial charge in [-0.05, 0) is 39.7 Å². The Hall–Kier alpha value is -1.73. The molecule has 0 saturated heterocycles. The SMILES string of the molecule is CC(c1c(OC(F)F)ccc(F)c1Cl)c1c[nH]c2ncc(Br)cc12. The first kappa shape index (κ1) is 17.1. The largest absolute Gasteiger partial charge is 0.434 e. The molecule has 1 aromatic carbocycles. The minimum Gasteiger partial charge on any atom is -0.434 e. The summed E-state index contributed by atoms with van der Waals surface area (Å²) >= 11 is 9.38. The van der Waals surface area contributed by atoms with Gasteiger partial charge in [0.05, 0.1) is 5.02 Å². The van der Waals surface area contributed by atoms with Crippen molar-refractivity contribution in [3.05, 3.63) is 57.0 Å². The number of fused-ring (bicyclic) bond motifs is 1. The fraction of sp³-hybridized carbons (Fsp3) is 0.188. The van der Waals surface area contributed by atoms with Gasteiger partial charge in [0, 0.05) is 33.7 Å². The first-order chi connectivity index (χ1) is 11.4. The number of pyridine rings is 1. The van der Waals surface area contributed by atoms with E-state index in [2.05, 4.69) is 30.6 Å². The summed E-state index contributed by atoms with van der Waals surface area (Å²) in [5.74, 6) is -1.34. The van der Waals surface area contributed by atoms with Crippen molar-refractivity contribution in [2.75, 3.05) is 0 Å². The molecule has 2 aromatic heterocycles. The van der Waals surface area contributed by atoms with E-state index >= 15 is 0 Å². The Kier molecular flexibility index (Phi) is 4.73. The summed E-state index contributed by atoms with van der Waals surface area (Å²) in [5, 5.41) is 0.540. The number of halogens is 5. The molecule has 0 fully saturated rings. The van der Waals surface area contributed by atoms with Gasteiger partial charge in [-0.1, -0.05) is 18.5 Å². The maximum atomic E-state index is 13.9. The first-order valence-corrected chi connectivity index (χ1v) is 8.10. The van der Waals surface area contributed by atoms with Gasteiger partial charge in [0.2, 0.25) is 0 Å². The fourth-order valence-electron chi connectivity index (χ4n) is 2.66. The maximum absolute atomic E-state index is 13.9. The summed E-state index contributed by atoms with van der Waals surface area (Å²) in [7, 11) is 0. The van der Waals surface area contributed by atoms with Crippen LogP contribution >= 0.6 is 27.5 Å². The molecule has 0 amide bonds. The average Bonchev–Trinajstić information content (AvgIpc) is 2.93. The van der Waals surface area contributed by atoms with Crippen LogP contribution in [0.2, 0.25) is 5.02 Å². The Balaban J connectivity index is 2.16. The van der Waals surface area contributed by atoms with Crippen LogP contribution in [0.25, 0.3) is 11.0 Å². The van der Waals surface area contributed by atoms with Crippen LogP contribution in [0.1, 0.15) is 24.0 Å². The standard InChI is InChI=1S/C16H11BrClF3N2O/c1-7(10-6-23-15-9(10)4-8(17)5-22-15)13-12(24-16(20)21)3-2-11(19)14(13)18/h2-7,16H,1H3,(H,22,23). The molecular weight excluding hydrogens is 409 g/mol. The molecule has 1 atom stereocenters. The van der Waals surface area contributed by atoms with Crippen molar-refractivity contribution >= 4 is 38.6 Å². The highest BCUT2D eigenvalue weighted by atomic mass is 79.9. The molecule has 3 aromatic rings. The molecule has 126 valence electrons. The highest BCUT2D eigenvalue weighted by Crippen LogP contribution is 2.41. The zero-order chi connectivity index (χ0) is 17.4. The fourth-order valence-corrected chi connectivity index (χ4v) is 3.31. The lowest BCUT2D eigenvalue weighted by Crippen LogP contribution is -2.08. The summed E-state index contributed by atoms with van der Waals surface area (Å²) < 4.78 is 44.5. The average molecular weight is 420 g/mol. The number of hydrogen-bond donors (Lipinski definition) is 1. The monoisotopic (exact) mass is 418 g/mol. The summed E-state index contributed by atoms with van der Waals surface area (Å²) in [6.07, 6.45) is 3.33.